The van der Waals surface area contributed by atoms with E-state index in [4.69, 9.17) is 4.42 Å². The number of nitrogens with one attached hydrogen (secondary N) is 1. The fraction of sp³-hybridized carbons (Fsp3) is 0.130. The zero-order valence-electron chi connectivity index (χ0n) is 16.3. The molecule has 4 aromatic rings. The van der Waals surface area contributed by atoms with Crippen LogP contribution in [0, 0.1) is 0 Å². The van der Waals surface area contributed by atoms with E-state index < -0.39 is 11.5 Å². The van der Waals surface area contributed by atoms with Gasteiger partial charge < -0.3 is 9.32 Å². The molecule has 0 spiro atoms. The summed E-state index contributed by atoms with van der Waals surface area (Å²) in [4.78, 5) is 44.8. The highest BCUT2D eigenvalue weighted by atomic mass is 32.1. The van der Waals surface area contributed by atoms with Crippen LogP contribution in [0.1, 0.15) is 31.3 Å². The number of benzene rings is 2. The fourth-order valence-electron chi connectivity index (χ4n) is 3.57. The average molecular weight is 431 g/mol. The lowest BCUT2D eigenvalue weighted by Crippen LogP contribution is -2.35. The molecule has 0 atom stereocenters. The van der Waals surface area contributed by atoms with E-state index in [-0.39, 0.29) is 11.5 Å². The van der Waals surface area contributed by atoms with Gasteiger partial charge in [0.25, 0.3) is 11.8 Å². The van der Waals surface area contributed by atoms with Gasteiger partial charge in [0.2, 0.25) is 0 Å². The number of aromatic nitrogens is 1. The minimum Gasteiger partial charge on any atom is -0.422 e. The number of hydrogen-bond donors (Lipinski definition) is 1. The summed E-state index contributed by atoms with van der Waals surface area (Å²) in [6, 6.07) is 17.7. The summed E-state index contributed by atoms with van der Waals surface area (Å²) in [7, 11) is 0. The van der Waals surface area contributed by atoms with Crippen LogP contribution in [0.25, 0.3) is 11.0 Å². The molecule has 2 aromatic heterocycles. The van der Waals surface area contributed by atoms with Crippen LogP contribution >= 0.6 is 11.3 Å². The van der Waals surface area contributed by atoms with E-state index in [1.165, 1.54) is 17.4 Å². The van der Waals surface area contributed by atoms with Crippen molar-refractivity contribution in [2.24, 2.45) is 0 Å². The van der Waals surface area contributed by atoms with Gasteiger partial charge in [0, 0.05) is 28.8 Å². The zero-order chi connectivity index (χ0) is 21.4. The molecule has 31 heavy (non-hydrogen) atoms. The van der Waals surface area contributed by atoms with E-state index in [0.29, 0.717) is 41.2 Å². The first kappa shape index (κ1) is 19.2. The van der Waals surface area contributed by atoms with Crippen LogP contribution in [0.4, 0.5) is 5.13 Å². The normalized spacial score (nSPS) is 13.1. The molecular weight excluding hydrogens is 414 g/mol. The van der Waals surface area contributed by atoms with Crippen molar-refractivity contribution < 1.29 is 14.0 Å². The van der Waals surface area contributed by atoms with Gasteiger partial charge in [0.05, 0.1) is 12.2 Å². The van der Waals surface area contributed by atoms with Crippen molar-refractivity contribution in [3.05, 3.63) is 92.8 Å². The van der Waals surface area contributed by atoms with Gasteiger partial charge in [-0.25, -0.2) is 9.78 Å². The lowest BCUT2D eigenvalue weighted by Gasteiger charge is -2.26. The molecule has 0 radical (unpaired) electrons. The minimum absolute atomic E-state index is 0.0287. The van der Waals surface area contributed by atoms with Crippen molar-refractivity contribution >= 4 is 39.3 Å². The second-order valence-electron chi connectivity index (χ2n) is 7.17. The van der Waals surface area contributed by atoms with Gasteiger partial charge in [-0.3, -0.25) is 14.9 Å². The molecule has 1 aliphatic rings. The molecule has 0 saturated heterocycles. The molecule has 2 amide bonds. The summed E-state index contributed by atoms with van der Waals surface area (Å²) in [6.07, 6.45) is 0.610. The first-order valence-corrected chi connectivity index (χ1v) is 10.6. The summed E-state index contributed by atoms with van der Waals surface area (Å²) in [5.41, 5.74) is 1.16. The Labute approximate surface area is 181 Å². The number of carbonyl (C=O) groups excluding carboxylic acids is 2. The standard InChI is InChI=1S/C23H17N3O4S/c27-20(16-12-15-8-4-5-9-18(15)30-22(16)29)25-23-24-17-10-11-26(13-19(17)31-23)21(28)14-6-2-1-3-7-14/h1-9,12H,10-11,13H2,(H,24,25,27). The molecule has 2 aromatic carbocycles. The number of amides is 2. The van der Waals surface area contributed by atoms with Crippen molar-refractivity contribution in [3.63, 3.8) is 0 Å². The SMILES string of the molecule is O=C(Nc1nc2c(s1)CN(C(=O)c1ccccc1)CC2)c1cc2ccccc2oc1=O. The van der Waals surface area contributed by atoms with Crippen LogP contribution in [-0.2, 0) is 13.0 Å². The van der Waals surface area contributed by atoms with Gasteiger partial charge in [0.1, 0.15) is 11.1 Å². The molecule has 0 fully saturated rings. The monoisotopic (exact) mass is 431 g/mol. The first-order chi connectivity index (χ1) is 15.1. The number of fused-ring (bicyclic) bond motifs is 2. The van der Waals surface area contributed by atoms with E-state index in [9.17, 15) is 14.4 Å². The third-order valence-corrected chi connectivity index (χ3v) is 6.14. The zero-order valence-corrected chi connectivity index (χ0v) is 17.1. The van der Waals surface area contributed by atoms with Gasteiger partial charge in [-0.15, -0.1) is 0 Å². The quantitative estimate of drug-likeness (QED) is 0.500. The van der Waals surface area contributed by atoms with E-state index in [1.807, 2.05) is 18.2 Å². The van der Waals surface area contributed by atoms with Gasteiger partial charge in [-0.05, 0) is 24.3 Å². The van der Waals surface area contributed by atoms with Crippen molar-refractivity contribution in [2.75, 3.05) is 11.9 Å². The van der Waals surface area contributed by atoms with Crippen LogP contribution < -0.4 is 10.9 Å². The molecule has 1 N–H and O–H groups in total. The Morgan fingerprint density at radius 2 is 1.84 bits per heavy atom. The molecule has 154 valence electrons. The Morgan fingerprint density at radius 3 is 2.68 bits per heavy atom. The lowest BCUT2D eigenvalue weighted by molar-refractivity contribution is 0.0736. The van der Waals surface area contributed by atoms with E-state index in [2.05, 4.69) is 10.3 Å². The second kappa shape index (κ2) is 7.81. The van der Waals surface area contributed by atoms with Crippen molar-refractivity contribution in [1.29, 1.82) is 0 Å². The second-order valence-corrected chi connectivity index (χ2v) is 8.25. The van der Waals surface area contributed by atoms with Crippen LogP contribution in [0.2, 0.25) is 0 Å². The summed E-state index contributed by atoms with van der Waals surface area (Å²) in [5, 5.41) is 3.77. The number of anilines is 1. The topological polar surface area (TPSA) is 92.5 Å². The van der Waals surface area contributed by atoms with Crippen LogP contribution in [0.15, 0.2) is 69.9 Å². The maximum absolute atomic E-state index is 12.7. The van der Waals surface area contributed by atoms with Gasteiger partial charge in [-0.2, -0.15) is 0 Å². The highest BCUT2D eigenvalue weighted by Gasteiger charge is 2.25. The Morgan fingerprint density at radius 1 is 1.06 bits per heavy atom. The predicted octanol–water partition coefficient (Wildman–Crippen LogP) is 3.70. The predicted molar refractivity (Wildman–Crippen MR) is 117 cm³/mol. The molecule has 3 heterocycles. The summed E-state index contributed by atoms with van der Waals surface area (Å²) >= 11 is 1.31. The highest BCUT2D eigenvalue weighted by molar-refractivity contribution is 7.15. The smallest absolute Gasteiger partial charge is 0.349 e. The molecule has 0 saturated carbocycles. The number of hydrogen-bond acceptors (Lipinski definition) is 6. The third kappa shape index (κ3) is 3.73. The minimum atomic E-state index is -0.697. The summed E-state index contributed by atoms with van der Waals surface area (Å²) < 4.78 is 5.24. The van der Waals surface area contributed by atoms with Gasteiger partial charge in [-0.1, -0.05) is 47.7 Å². The van der Waals surface area contributed by atoms with Crippen LogP contribution in [0.5, 0.6) is 0 Å². The molecule has 7 nitrogen and oxygen atoms in total. The number of rotatable bonds is 3. The van der Waals surface area contributed by atoms with E-state index in [0.717, 1.165) is 10.6 Å². The molecule has 0 unspecified atom stereocenters. The maximum Gasteiger partial charge on any atom is 0.349 e. The molecular formula is C23H17N3O4S. The molecule has 5 rings (SSSR count). The highest BCUT2D eigenvalue weighted by Crippen LogP contribution is 2.29. The Bertz CT molecular complexity index is 1360. The first-order valence-electron chi connectivity index (χ1n) is 9.75. The average Bonchev–Trinajstić information content (AvgIpc) is 3.20. The fourth-order valence-corrected chi connectivity index (χ4v) is 4.59. The lowest BCUT2D eigenvalue weighted by atomic mass is 10.1. The number of carbonyl (C=O) groups is 2. The maximum atomic E-state index is 12.7. The summed E-state index contributed by atoms with van der Waals surface area (Å²) in [5.74, 6) is -0.596. The number of para-hydroxylation sites is 1. The third-order valence-electron chi connectivity index (χ3n) is 5.15. The van der Waals surface area contributed by atoms with Gasteiger partial charge >= 0.3 is 5.63 Å². The van der Waals surface area contributed by atoms with Crippen LogP contribution in [-0.4, -0.2) is 28.2 Å². The molecule has 0 bridgehead atoms. The van der Waals surface area contributed by atoms with Crippen molar-refractivity contribution in [2.45, 2.75) is 13.0 Å². The van der Waals surface area contributed by atoms with Crippen LogP contribution in [0.3, 0.4) is 0 Å². The Kier molecular flexibility index (Phi) is 4.83. The number of thiazole rings is 1. The van der Waals surface area contributed by atoms with Gasteiger partial charge in [0.15, 0.2) is 5.13 Å². The Hall–Kier alpha value is -3.78. The largest absolute Gasteiger partial charge is 0.422 e. The Balaban J connectivity index is 1.34. The summed E-state index contributed by atoms with van der Waals surface area (Å²) in [6.45, 7) is 1.00. The number of nitrogens with zero attached hydrogens (tertiary/aromatic N) is 2. The van der Waals surface area contributed by atoms with Crippen molar-refractivity contribution in [3.8, 4) is 0 Å². The molecule has 8 heteroatoms. The van der Waals surface area contributed by atoms with E-state index >= 15 is 0 Å². The van der Waals surface area contributed by atoms with E-state index in [1.54, 1.807) is 41.3 Å². The molecule has 0 aliphatic carbocycles. The molecule has 1 aliphatic heterocycles. The van der Waals surface area contributed by atoms with Crippen molar-refractivity contribution in [1.82, 2.24) is 9.88 Å².